The van der Waals surface area contributed by atoms with Gasteiger partial charge in [-0.3, -0.25) is 0 Å². The van der Waals surface area contributed by atoms with Gasteiger partial charge in [0.1, 0.15) is 0 Å². The lowest BCUT2D eigenvalue weighted by molar-refractivity contribution is -0.0848. The number of ether oxygens (including phenoxy) is 5. The van der Waals surface area contributed by atoms with E-state index in [1.807, 2.05) is 0 Å². The summed E-state index contributed by atoms with van der Waals surface area (Å²) in [4.78, 5) is 0. The van der Waals surface area contributed by atoms with E-state index in [1.165, 1.54) is 0 Å². The SMILES string of the molecule is COCCOC1CC(CC(OC)[SiH](OCCOC)OCCOC)CCC1O. The molecule has 9 heteroatoms. The van der Waals surface area contributed by atoms with Crippen molar-refractivity contribution in [3.8, 4) is 0 Å². The van der Waals surface area contributed by atoms with Crippen molar-refractivity contribution < 1.29 is 37.6 Å². The summed E-state index contributed by atoms with van der Waals surface area (Å²) in [5.74, 6) is 0.401. The highest BCUT2D eigenvalue weighted by molar-refractivity contribution is 6.46. The quantitative estimate of drug-likeness (QED) is 0.294. The number of hydrogen-bond donors (Lipinski definition) is 1. The highest BCUT2D eigenvalue weighted by Gasteiger charge is 2.35. The van der Waals surface area contributed by atoms with Crippen molar-refractivity contribution in [3.05, 3.63) is 0 Å². The number of aliphatic hydroxyl groups excluding tert-OH is 1. The van der Waals surface area contributed by atoms with Crippen molar-refractivity contribution >= 4 is 9.28 Å². The molecule has 0 aromatic carbocycles. The molecule has 4 unspecified atom stereocenters. The molecule has 27 heavy (non-hydrogen) atoms. The smallest absolute Gasteiger partial charge is 0.351 e. The van der Waals surface area contributed by atoms with Crippen molar-refractivity contribution in [2.24, 2.45) is 5.92 Å². The third-order valence-electron chi connectivity index (χ3n) is 4.80. The summed E-state index contributed by atoms with van der Waals surface area (Å²) < 4.78 is 38.7. The predicted octanol–water partition coefficient (Wildman–Crippen LogP) is 0.670. The minimum absolute atomic E-state index is 0.0708. The Balaban J connectivity index is 2.56. The van der Waals surface area contributed by atoms with E-state index < -0.39 is 15.4 Å². The van der Waals surface area contributed by atoms with Crippen molar-refractivity contribution in [3.63, 3.8) is 0 Å². The van der Waals surface area contributed by atoms with E-state index in [2.05, 4.69) is 0 Å². The fourth-order valence-electron chi connectivity index (χ4n) is 3.28. The highest BCUT2D eigenvalue weighted by atomic mass is 28.3. The molecule has 1 aliphatic carbocycles. The topological polar surface area (TPSA) is 84.8 Å². The molecular weight excluding hydrogens is 372 g/mol. The van der Waals surface area contributed by atoms with Gasteiger partial charge in [0.2, 0.25) is 0 Å². The van der Waals surface area contributed by atoms with Crippen molar-refractivity contribution in [2.75, 3.05) is 68.1 Å². The summed E-state index contributed by atoms with van der Waals surface area (Å²) in [5, 5.41) is 10.2. The molecule has 0 bridgehead atoms. The van der Waals surface area contributed by atoms with Crippen LogP contribution in [0.2, 0.25) is 0 Å². The molecule has 162 valence electrons. The van der Waals surface area contributed by atoms with Crippen molar-refractivity contribution in [1.29, 1.82) is 0 Å². The molecule has 1 aliphatic rings. The first-order valence-electron chi connectivity index (χ1n) is 9.68. The molecule has 0 radical (unpaired) electrons. The molecule has 8 nitrogen and oxygen atoms in total. The van der Waals surface area contributed by atoms with Crippen LogP contribution in [0.15, 0.2) is 0 Å². The van der Waals surface area contributed by atoms with Crippen LogP contribution in [-0.2, 0) is 32.5 Å². The maximum atomic E-state index is 10.2. The molecule has 0 aromatic heterocycles. The van der Waals surface area contributed by atoms with Gasteiger partial charge in [-0.1, -0.05) is 0 Å². The predicted molar refractivity (Wildman–Crippen MR) is 103 cm³/mol. The summed E-state index contributed by atoms with van der Waals surface area (Å²) >= 11 is 0. The highest BCUT2D eigenvalue weighted by Crippen LogP contribution is 2.31. The van der Waals surface area contributed by atoms with Crippen molar-refractivity contribution in [1.82, 2.24) is 0 Å². The zero-order valence-electron chi connectivity index (χ0n) is 17.3. The van der Waals surface area contributed by atoms with Crippen LogP contribution in [0.4, 0.5) is 0 Å². The summed E-state index contributed by atoms with van der Waals surface area (Å²) in [6, 6.07) is 0. The minimum Gasteiger partial charge on any atom is -0.393 e. The van der Waals surface area contributed by atoms with E-state index in [0.29, 0.717) is 45.6 Å². The number of aliphatic hydroxyl groups is 1. The molecule has 0 aromatic rings. The number of hydrogen-bond acceptors (Lipinski definition) is 8. The second kappa shape index (κ2) is 15.8. The molecule has 0 heterocycles. The third kappa shape index (κ3) is 10.3. The van der Waals surface area contributed by atoms with Crippen LogP contribution >= 0.6 is 0 Å². The minimum atomic E-state index is -2.05. The van der Waals surface area contributed by atoms with Gasteiger partial charge in [-0.25, -0.2) is 0 Å². The summed E-state index contributed by atoms with van der Waals surface area (Å²) in [6.45, 7) is 3.07. The van der Waals surface area contributed by atoms with E-state index in [1.54, 1.807) is 28.4 Å². The average molecular weight is 411 g/mol. The fourth-order valence-corrected chi connectivity index (χ4v) is 5.29. The Kier molecular flexibility index (Phi) is 14.6. The molecule has 4 atom stereocenters. The largest absolute Gasteiger partial charge is 0.393 e. The van der Waals surface area contributed by atoms with Gasteiger partial charge in [-0.2, -0.15) is 0 Å². The molecule has 1 saturated carbocycles. The molecule has 0 saturated heterocycles. The fraction of sp³-hybridized carbons (Fsp3) is 1.00. The van der Waals surface area contributed by atoms with Crippen LogP contribution in [0.3, 0.4) is 0 Å². The molecule has 0 aliphatic heterocycles. The lowest BCUT2D eigenvalue weighted by atomic mass is 9.83. The van der Waals surface area contributed by atoms with E-state index in [0.717, 1.165) is 25.7 Å². The Bertz CT molecular complexity index is 339. The van der Waals surface area contributed by atoms with Crippen LogP contribution in [-0.4, -0.2) is 100 Å². The van der Waals surface area contributed by atoms with E-state index in [-0.39, 0.29) is 11.8 Å². The summed E-state index contributed by atoms with van der Waals surface area (Å²) in [5.41, 5.74) is -0.0708. The lowest BCUT2D eigenvalue weighted by Gasteiger charge is -2.35. The molecule has 0 spiro atoms. The zero-order chi connectivity index (χ0) is 19.9. The standard InChI is InChI=1S/C18H38O8Si/c1-20-7-10-24-17-13-15(5-6-16(17)19)14-18(23-4)27(25-11-8-21-2)26-12-9-22-3/h15-19,27H,5-14H2,1-4H3. The first kappa shape index (κ1) is 24.9. The molecule has 1 N–H and O–H groups in total. The third-order valence-corrected chi connectivity index (χ3v) is 7.08. The van der Waals surface area contributed by atoms with Gasteiger partial charge in [0.05, 0.1) is 57.6 Å². The molecule has 1 rings (SSSR count). The Hall–Kier alpha value is -0.103. The van der Waals surface area contributed by atoms with Crippen LogP contribution in [0.25, 0.3) is 0 Å². The Morgan fingerprint density at radius 3 is 2.00 bits per heavy atom. The maximum absolute atomic E-state index is 10.2. The van der Waals surface area contributed by atoms with Gasteiger partial charge in [0, 0.05) is 28.4 Å². The van der Waals surface area contributed by atoms with Gasteiger partial charge in [-0.15, -0.1) is 0 Å². The van der Waals surface area contributed by atoms with E-state index >= 15 is 0 Å². The number of rotatable bonds is 16. The second-order valence-corrected chi connectivity index (χ2v) is 8.90. The summed E-state index contributed by atoms with van der Waals surface area (Å²) in [7, 11) is 4.59. The Labute approximate surface area is 165 Å². The normalized spacial score (nSPS) is 24.4. The first-order valence-corrected chi connectivity index (χ1v) is 11.3. The molecule has 1 fully saturated rings. The van der Waals surface area contributed by atoms with E-state index in [9.17, 15) is 5.11 Å². The van der Waals surface area contributed by atoms with Crippen LogP contribution in [0.1, 0.15) is 25.7 Å². The van der Waals surface area contributed by atoms with Crippen LogP contribution < -0.4 is 0 Å². The molecule has 0 amide bonds. The van der Waals surface area contributed by atoms with Gasteiger partial charge in [0.15, 0.2) is 0 Å². The van der Waals surface area contributed by atoms with Gasteiger partial charge in [-0.05, 0) is 31.6 Å². The van der Waals surface area contributed by atoms with Gasteiger partial charge < -0.3 is 37.6 Å². The molecular formula is C18H38O8Si. The van der Waals surface area contributed by atoms with Gasteiger partial charge in [0.25, 0.3) is 0 Å². The summed E-state index contributed by atoms with van der Waals surface area (Å²) in [6.07, 6.45) is 2.76. The maximum Gasteiger partial charge on any atom is 0.351 e. The first-order chi connectivity index (χ1) is 13.2. The zero-order valence-corrected chi connectivity index (χ0v) is 18.4. The Morgan fingerprint density at radius 2 is 1.44 bits per heavy atom. The lowest BCUT2D eigenvalue weighted by Crippen LogP contribution is -2.43. The van der Waals surface area contributed by atoms with Crippen LogP contribution in [0.5, 0.6) is 0 Å². The average Bonchev–Trinajstić information content (AvgIpc) is 2.67. The van der Waals surface area contributed by atoms with Crippen molar-refractivity contribution in [2.45, 2.75) is 43.6 Å². The van der Waals surface area contributed by atoms with E-state index in [4.69, 9.17) is 32.5 Å². The van der Waals surface area contributed by atoms with Crippen LogP contribution in [0, 0.1) is 5.92 Å². The Morgan fingerprint density at radius 1 is 0.852 bits per heavy atom. The number of methoxy groups -OCH3 is 4. The second-order valence-electron chi connectivity index (χ2n) is 6.75. The van der Waals surface area contributed by atoms with Gasteiger partial charge >= 0.3 is 9.28 Å². The monoisotopic (exact) mass is 410 g/mol.